The minimum absolute atomic E-state index is 0.105. The van der Waals surface area contributed by atoms with E-state index in [-0.39, 0.29) is 5.56 Å². The van der Waals surface area contributed by atoms with Crippen LogP contribution in [-0.2, 0) is 32.4 Å². The normalized spacial score (nSPS) is 16.0. The summed E-state index contributed by atoms with van der Waals surface area (Å²) in [7, 11) is 2.10. The van der Waals surface area contributed by atoms with Crippen molar-refractivity contribution in [2.24, 2.45) is 0 Å². The van der Waals surface area contributed by atoms with Gasteiger partial charge in [0, 0.05) is 24.4 Å². The van der Waals surface area contributed by atoms with Crippen molar-refractivity contribution in [2.75, 3.05) is 7.05 Å². The highest BCUT2D eigenvalue weighted by molar-refractivity contribution is 7.18. The van der Waals surface area contributed by atoms with E-state index in [4.69, 9.17) is 4.42 Å². The van der Waals surface area contributed by atoms with Crippen molar-refractivity contribution in [3.8, 4) is 0 Å². The van der Waals surface area contributed by atoms with Crippen molar-refractivity contribution in [2.45, 2.75) is 58.2 Å². The highest BCUT2D eigenvalue weighted by atomic mass is 32.1. The van der Waals surface area contributed by atoms with Gasteiger partial charge in [0.2, 0.25) is 11.8 Å². The molecular formula is C24H27N5O2S. The fourth-order valence-corrected chi connectivity index (χ4v) is 5.81. The number of hydrogen-bond acceptors (Lipinski definition) is 7. The first kappa shape index (κ1) is 21.0. The lowest BCUT2D eigenvalue weighted by Crippen LogP contribution is -2.35. The number of aryl methyl sites for hydroxylation is 4. The first-order valence-corrected chi connectivity index (χ1v) is 11.9. The van der Waals surface area contributed by atoms with E-state index in [2.05, 4.69) is 51.4 Å². The molecule has 0 amide bonds. The van der Waals surface area contributed by atoms with E-state index in [1.54, 1.807) is 22.2 Å². The lowest BCUT2D eigenvalue weighted by Gasteiger charge is -2.30. The first-order valence-electron chi connectivity index (χ1n) is 11.1. The van der Waals surface area contributed by atoms with Crippen LogP contribution in [0.2, 0.25) is 0 Å². The molecule has 1 aliphatic carbocycles. The second-order valence-corrected chi connectivity index (χ2v) is 9.63. The zero-order valence-corrected chi connectivity index (χ0v) is 19.3. The van der Waals surface area contributed by atoms with Crippen molar-refractivity contribution in [1.82, 2.24) is 24.6 Å². The van der Waals surface area contributed by atoms with Crippen LogP contribution < -0.4 is 5.56 Å². The molecule has 5 rings (SSSR count). The Morgan fingerprint density at radius 3 is 2.88 bits per heavy atom. The molecule has 0 fully saturated rings. The highest BCUT2D eigenvalue weighted by Gasteiger charge is 2.28. The van der Waals surface area contributed by atoms with Gasteiger partial charge in [-0.2, -0.15) is 0 Å². The van der Waals surface area contributed by atoms with E-state index < -0.39 is 0 Å². The van der Waals surface area contributed by atoms with E-state index in [1.807, 2.05) is 13.0 Å². The summed E-state index contributed by atoms with van der Waals surface area (Å²) in [4.78, 5) is 22.3. The average Bonchev–Trinajstić information content (AvgIpc) is 3.38. The third-order valence-corrected chi connectivity index (χ3v) is 7.46. The van der Waals surface area contributed by atoms with Gasteiger partial charge < -0.3 is 4.42 Å². The Labute approximate surface area is 190 Å². The second-order valence-electron chi connectivity index (χ2n) is 8.54. The van der Waals surface area contributed by atoms with Gasteiger partial charge in [0.1, 0.15) is 4.83 Å². The molecule has 1 atom stereocenters. The molecular weight excluding hydrogens is 422 g/mol. The number of aromatic nitrogens is 4. The molecule has 3 heterocycles. The topological polar surface area (TPSA) is 77.1 Å². The molecule has 166 valence electrons. The third kappa shape index (κ3) is 4.25. The molecule has 4 aromatic rings. The maximum atomic E-state index is 13.3. The van der Waals surface area contributed by atoms with Crippen molar-refractivity contribution in [3.63, 3.8) is 0 Å². The standard InChI is InChI=1S/C24H27N5O2S/c1-16-26-27-21(31-16)14-28(2)18-10-11-19-20(13-18)32-23-22(19)24(30)29(15-25-23)12-6-9-17-7-4-3-5-8-17/h3-5,7-8,15,18H,6,9-14H2,1-2H3/t18-/m1/s1. The minimum atomic E-state index is 0.105. The Morgan fingerprint density at radius 1 is 1.25 bits per heavy atom. The Kier molecular flexibility index (Phi) is 5.89. The molecule has 7 nitrogen and oxygen atoms in total. The van der Waals surface area contributed by atoms with Crippen molar-refractivity contribution >= 4 is 21.6 Å². The number of rotatable bonds is 7. The number of nitrogens with zero attached hydrogens (tertiary/aromatic N) is 5. The number of benzene rings is 1. The van der Waals surface area contributed by atoms with Gasteiger partial charge >= 0.3 is 0 Å². The van der Waals surface area contributed by atoms with Gasteiger partial charge in [0.05, 0.1) is 18.3 Å². The Bertz CT molecular complexity index is 1280. The third-order valence-electron chi connectivity index (χ3n) is 6.29. The van der Waals surface area contributed by atoms with Crippen LogP contribution in [-0.4, -0.2) is 37.7 Å². The van der Waals surface area contributed by atoms with Gasteiger partial charge in [-0.15, -0.1) is 21.5 Å². The van der Waals surface area contributed by atoms with E-state index >= 15 is 0 Å². The van der Waals surface area contributed by atoms with E-state index in [0.29, 0.717) is 30.9 Å². The largest absolute Gasteiger partial charge is 0.424 e. The SMILES string of the molecule is Cc1nnc(CN(C)[C@@H]2CCc3c(sc4ncn(CCCc5ccccc5)c(=O)c34)C2)o1. The zero-order chi connectivity index (χ0) is 22.1. The average molecular weight is 450 g/mol. The molecule has 0 N–H and O–H groups in total. The van der Waals surface area contributed by atoms with E-state index in [0.717, 1.165) is 42.3 Å². The molecule has 0 aliphatic heterocycles. The van der Waals surface area contributed by atoms with Gasteiger partial charge in [-0.1, -0.05) is 30.3 Å². The Morgan fingerprint density at radius 2 is 2.09 bits per heavy atom. The molecule has 0 spiro atoms. The molecule has 0 radical (unpaired) electrons. The Hall–Kier alpha value is -2.84. The fraction of sp³-hybridized carbons (Fsp3) is 0.417. The summed E-state index contributed by atoms with van der Waals surface area (Å²) in [6.45, 7) is 3.14. The highest BCUT2D eigenvalue weighted by Crippen LogP contribution is 2.35. The van der Waals surface area contributed by atoms with Crippen molar-refractivity contribution in [1.29, 1.82) is 0 Å². The summed E-state index contributed by atoms with van der Waals surface area (Å²) in [6, 6.07) is 10.8. The van der Waals surface area contributed by atoms with Gasteiger partial charge in [-0.05, 0) is 50.3 Å². The van der Waals surface area contributed by atoms with E-state index in [9.17, 15) is 4.79 Å². The maximum absolute atomic E-state index is 13.3. The molecule has 8 heteroatoms. The lowest BCUT2D eigenvalue weighted by atomic mass is 9.92. The molecule has 1 aliphatic rings. The predicted octanol–water partition coefficient (Wildman–Crippen LogP) is 3.77. The Balaban J connectivity index is 1.30. The van der Waals surface area contributed by atoms with Crippen molar-refractivity contribution < 1.29 is 4.42 Å². The van der Waals surface area contributed by atoms with Crippen LogP contribution in [0, 0.1) is 6.92 Å². The van der Waals surface area contributed by atoms with Gasteiger partial charge in [0.15, 0.2) is 0 Å². The van der Waals surface area contributed by atoms with Crippen LogP contribution in [0.4, 0.5) is 0 Å². The number of hydrogen-bond donors (Lipinski definition) is 0. The van der Waals surface area contributed by atoms with Crippen LogP contribution in [0.3, 0.4) is 0 Å². The number of fused-ring (bicyclic) bond motifs is 3. The molecule has 1 aromatic carbocycles. The summed E-state index contributed by atoms with van der Waals surface area (Å²) >= 11 is 1.67. The summed E-state index contributed by atoms with van der Waals surface area (Å²) < 4.78 is 7.32. The van der Waals surface area contributed by atoms with Crippen LogP contribution in [0.5, 0.6) is 0 Å². The number of thiophene rings is 1. The summed E-state index contributed by atoms with van der Waals surface area (Å²) in [5.74, 6) is 1.24. The molecule has 32 heavy (non-hydrogen) atoms. The molecule has 0 saturated heterocycles. The van der Waals surface area contributed by atoms with Gasteiger partial charge in [0.25, 0.3) is 5.56 Å². The maximum Gasteiger partial charge on any atom is 0.262 e. The molecule has 0 saturated carbocycles. The van der Waals surface area contributed by atoms with Crippen LogP contribution in [0.1, 0.15) is 40.6 Å². The van der Waals surface area contributed by atoms with Crippen LogP contribution in [0.25, 0.3) is 10.2 Å². The predicted molar refractivity (Wildman–Crippen MR) is 125 cm³/mol. The van der Waals surface area contributed by atoms with E-state index in [1.165, 1.54) is 16.0 Å². The summed E-state index contributed by atoms with van der Waals surface area (Å²) in [6.07, 6.45) is 6.43. The molecule has 0 bridgehead atoms. The molecule has 0 unspecified atom stereocenters. The zero-order valence-electron chi connectivity index (χ0n) is 18.5. The quantitative estimate of drug-likeness (QED) is 0.427. The molecule has 3 aromatic heterocycles. The van der Waals surface area contributed by atoms with Gasteiger partial charge in [-0.3, -0.25) is 14.3 Å². The lowest BCUT2D eigenvalue weighted by molar-refractivity contribution is 0.196. The van der Waals surface area contributed by atoms with Crippen LogP contribution in [0.15, 0.2) is 45.9 Å². The smallest absolute Gasteiger partial charge is 0.262 e. The first-order chi connectivity index (χ1) is 15.6. The summed E-state index contributed by atoms with van der Waals surface area (Å²) in [5, 5.41) is 8.87. The number of likely N-dealkylation sites (N-methyl/N-ethyl adjacent to an activating group) is 1. The van der Waals surface area contributed by atoms with Crippen molar-refractivity contribution in [3.05, 3.63) is 74.8 Å². The van der Waals surface area contributed by atoms with Gasteiger partial charge in [-0.25, -0.2) is 4.98 Å². The summed E-state index contributed by atoms with van der Waals surface area (Å²) in [5.41, 5.74) is 2.61. The monoisotopic (exact) mass is 449 g/mol. The van der Waals surface area contributed by atoms with Crippen LogP contribution >= 0.6 is 11.3 Å². The fourth-order valence-electron chi connectivity index (χ4n) is 4.56. The minimum Gasteiger partial charge on any atom is -0.424 e. The second kappa shape index (κ2) is 8.96.